The highest BCUT2D eigenvalue weighted by atomic mass is 79.9. The molecule has 0 bridgehead atoms. The molecule has 0 heterocycles. The third-order valence-corrected chi connectivity index (χ3v) is 5.19. The Kier molecular flexibility index (Phi) is 5.68. The van der Waals surface area contributed by atoms with Crippen LogP contribution in [0.3, 0.4) is 0 Å². The average molecular weight is 355 g/mol. The predicted molar refractivity (Wildman–Crippen MR) is 86.8 cm³/mol. The lowest BCUT2D eigenvalue weighted by molar-refractivity contribution is -0.139. The van der Waals surface area contributed by atoms with Crippen LogP contribution in [0, 0.1) is 5.41 Å². The van der Waals surface area contributed by atoms with Gasteiger partial charge in [0, 0.05) is 4.47 Å². The smallest absolute Gasteiger partial charge is 0.303 e. The molecule has 1 aromatic rings. The van der Waals surface area contributed by atoms with E-state index in [4.69, 9.17) is 9.84 Å². The van der Waals surface area contributed by atoms with E-state index in [1.54, 1.807) is 0 Å². The van der Waals surface area contributed by atoms with Gasteiger partial charge in [0.25, 0.3) is 0 Å². The SMILES string of the molecule is CCOc1ccc(CCC2(CC(=O)O)CCCC2)c(Br)c1. The zero-order valence-corrected chi connectivity index (χ0v) is 14.1. The molecule has 0 unspecified atom stereocenters. The number of hydrogen-bond acceptors (Lipinski definition) is 2. The van der Waals surface area contributed by atoms with Gasteiger partial charge in [-0.15, -0.1) is 0 Å². The number of halogens is 1. The third-order valence-electron chi connectivity index (χ3n) is 4.45. The molecule has 2 rings (SSSR count). The molecule has 0 spiro atoms. The molecule has 0 aromatic heterocycles. The first-order valence-corrected chi connectivity index (χ1v) is 8.47. The van der Waals surface area contributed by atoms with Crippen LogP contribution in [0.4, 0.5) is 0 Å². The van der Waals surface area contributed by atoms with E-state index in [0.29, 0.717) is 13.0 Å². The van der Waals surface area contributed by atoms with Crippen molar-refractivity contribution in [3.05, 3.63) is 28.2 Å². The number of rotatable bonds is 7. The molecule has 0 saturated heterocycles. The summed E-state index contributed by atoms with van der Waals surface area (Å²) in [4.78, 5) is 11.1. The van der Waals surface area contributed by atoms with E-state index in [2.05, 4.69) is 22.0 Å². The quantitative estimate of drug-likeness (QED) is 0.763. The lowest BCUT2D eigenvalue weighted by Gasteiger charge is -2.27. The number of ether oxygens (including phenoxy) is 1. The highest BCUT2D eigenvalue weighted by molar-refractivity contribution is 9.10. The second-order valence-electron chi connectivity index (χ2n) is 5.96. The van der Waals surface area contributed by atoms with E-state index in [-0.39, 0.29) is 5.41 Å². The summed E-state index contributed by atoms with van der Waals surface area (Å²) in [5.74, 6) is 0.205. The van der Waals surface area contributed by atoms with Crippen LogP contribution in [0.25, 0.3) is 0 Å². The summed E-state index contributed by atoms with van der Waals surface area (Å²) in [7, 11) is 0. The second-order valence-corrected chi connectivity index (χ2v) is 6.82. The van der Waals surface area contributed by atoms with Crippen molar-refractivity contribution >= 4 is 21.9 Å². The van der Waals surface area contributed by atoms with Gasteiger partial charge in [-0.25, -0.2) is 0 Å². The van der Waals surface area contributed by atoms with Crippen LogP contribution in [0.2, 0.25) is 0 Å². The number of hydrogen-bond donors (Lipinski definition) is 1. The summed E-state index contributed by atoms with van der Waals surface area (Å²) in [6, 6.07) is 6.07. The van der Waals surface area contributed by atoms with Crippen molar-refractivity contribution in [2.45, 2.75) is 51.9 Å². The molecule has 116 valence electrons. The molecular weight excluding hydrogens is 332 g/mol. The lowest BCUT2D eigenvalue weighted by atomic mass is 9.77. The summed E-state index contributed by atoms with van der Waals surface area (Å²) in [6.45, 7) is 2.63. The number of aliphatic carboxylic acids is 1. The Labute approximate surface area is 134 Å². The van der Waals surface area contributed by atoms with Gasteiger partial charge >= 0.3 is 5.97 Å². The van der Waals surface area contributed by atoms with Crippen LogP contribution >= 0.6 is 15.9 Å². The van der Waals surface area contributed by atoms with Crippen molar-refractivity contribution in [1.29, 1.82) is 0 Å². The Morgan fingerprint density at radius 2 is 2.10 bits per heavy atom. The van der Waals surface area contributed by atoms with Crippen molar-refractivity contribution in [2.24, 2.45) is 5.41 Å². The fourth-order valence-corrected chi connectivity index (χ4v) is 3.90. The summed E-state index contributed by atoms with van der Waals surface area (Å²) < 4.78 is 6.54. The average Bonchev–Trinajstić information content (AvgIpc) is 2.86. The molecule has 0 aliphatic heterocycles. The van der Waals surface area contributed by atoms with Crippen LogP contribution in [0.1, 0.15) is 51.0 Å². The van der Waals surface area contributed by atoms with Crippen LogP contribution in [-0.2, 0) is 11.2 Å². The van der Waals surface area contributed by atoms with Crippen LogP contribution in [0.5, 0.6) is 5.75 Å². The van der Waals surface area contributed by atoms with Crippen molar-refractivity contribution in [3.8, 4) is 5.75 Å². The minimum absolute atomic E-state index is 0.00383. The lowest BCUT2D eigenvalue weighted by Crippen LogP contribution is -2.21. The number of aryl methyl sites for hydroxylation is 1. The Bertz CT molecular complexity index is 493. The zero-order chi connectivity index (χ0) is 15.3. The molecule has 0 radical (unpaired) electrons. The highest BCUT2D eigenvalue weighted by Gasteiger charge is 2.35. The van der Waals surface area contributed by atoms with E-state index in [1.165, 1.54) is 5.56 Å². The van der Waals surface area contributed by atoms with Gasteiger partial charge in [0.1, 0.15) is 5.75 Å². The number of carbonyl (C=O) groups is 1. The molecule has 1 aromatic carbocycles. The summed E-state index contributed by atoms with van der Waals surface area (Å²) >= 11 is 3.60. The third kappa shape index (κ3) is 4.47. The fourth-order valence-electron chi connectivity index (χ4n) is 3.35. The van der Waals surface area contributed by atoms with E-state index >= 15 is 0 Å². The first kappa shape index (κ1) is 16.3. The van der Waals surface area contributed by atoms with Gasteiger partial charge in [-0.1, -0.05) is 34.8 Å². The zero-order valence-electron chi connectivity index (χ0n) is 12.5. The minimum atomic E-state index is -0.664. The van der Waals surface area contributed by atoms with Gasteiger partial charge in [0.15, 0.2) is 0 Å². The molecule has 1 fully saturated rings. The molecule has 0 amide bonds. The first-order chi connectivity index (χ1) is 10.0. The minimum Gasteiger partial charge on any atom is -0.494 e. The van der Waals surface area contributed by atoms with E-state index in [9.17, 15) is 4.79 Å². The number of benzene rings is 1. The predicted octanol–water partition coefficient (Wildman–Crippen LogP) is 4.82. The van der Waals surface area contributed by atoms with E-state index < -0.39 is 5.97 Å². The van der Waals surface area contributed by atoms with E-state index in [1.807, 2.05) is 19.1 Å². The van der Waals surface area contributed by atoms with Gasteiger partial charge in [-0.3, -0.25) is 4.79 Å². The normalized spacial score (nSPS) is 16.9. The number of carboxylic acid groups (broad SMARTS) is 1. The maximum absolute atomic E-state index is 11.1. The standard InChI is InChI=1S/C17H23BrO3/c1-2-21-14-6-5-13(15(18)11-14)7-10-17(12-16(19)20)8-3-4-9-17/h5-6,11H,2-4,7-10,12H2,1H3,(H,19,20). The highest BCUT2D eigenvalue weighted by Crippen LogP contribution is 2.45. The number of carboxylic acids is 1. The van der Waals surface area contributed by atoms with Crippen molar-refractivity contribution in [1.82, 2.24) is 0 Å². The maximum Gasteiger partial charge on any atom is 0.303 e. The van der Waals surface area contributed by atoms with Crippen molar-refractivity contribution < 1.29 is 14.6 Å². The molecule has 1 saturated carbocycles. The Balaban J connectivity index is 2.02. The summed E-state index contributed by atoms with van der Waals surface area (Å²) in [6.07, 6.45) is 6.60. The Morgan fingerprint density at radius 1 is 1.38 bits per heavy atom. The van der Waals surface area contributed by atoms with Gasteiger partial charge in [-0.2, -0.15) is 0 Å². The second kappa shape index (κ2) is 7.30. The van der Waals surface area contributed by atoms with Crippen LogP contribution < -0.4 is 4.74 Å². The monoisotopic (exact) mass is 354 g/mol. The molecule has 0 atom stereocenters. The van der Waals surface area contributed by atoms with Crippen molar-refractivity contribution in [3.63, 3.8) is 0 Å². The van der Waals surface area contributed by atoms with Crippen LogP contribution in [-0.4, -0.2) is 17.7 Å². The maximum atomic E-state index is 11.1. The molecule has 21 heavy (non-hydrogen) atoms. The molecular formula is C17H23BrO3. The van der Waals surface area contributed by atoms with E-state index in [0.717, 1.165) is 48.7 Å². The largest absolute Gasteiger partial charge is 0.494 e. The van der Waals surface area contributed by atoms with Gasteiger partial charge in [-0.05, 0) is 55.7 Å². The molecule has 1 N–H and O–H groups in total. The first-order valence-electron chi connectivity index (χ1n) is 7.68. The van der Waals surface area contributed by atoms with Gasteiger partial charge in [0.2, 0.25) is 0 Å². The summed E-state index contributed by atoms with van der Waals surface area (Å²) in [5, 5.41) is 9.16. The van der Waals surface area contributed by atoms with Crippen molar-refractivity contribution in [2.75, 3.05) is 6.61 Å². The molecule has 1 aliphatic rings. The molecule has 3 nitrogen and oxygen atoms in total. The Hall–Kier alpha value is -1.03. The topological polar surface area (TPSA) is 46.5 Å². The van der Waals surface area contributed by atoms with Gasteiger partial charge < -0.3 is 9.84 Å². The molecule has 1 aliphatic carbocycles. The Morgan fingerprint density at radius 3 is 2.67 bits per heavy atom. The van der Waals surface area contributed by atoms with Gasteiger partial charge in [0.05, 0.1) is 13.0 Å². The summed E-state index contributed by atoms with van der Waals surface area (Å²) in [5.41, 5.74) is 1.24. The molecule has 4 heteroatoms. The fraction of sp³-hybridized carbons (Fsp3) is 0.588. The van der Waals surface area contributed by atoms with Crippen LogP contribution in [0.15, 0.2) is 22.7 Å².